The van der Waals surface area contributed by atoms with Crippen LogP contribution in [-0.4, -0.2) is 49.2 Å². The van der Waals surface area contributed by atoms with Crippen molar-refractivity contribution in [3.8, 4) is 11.5 Å². The Hall–Kier alpha value is -2.00. The highest BCUT2D eigenvalue weighted by atomic mass is 32.2. The van der Waals surface area contributed by atoms with Gasteiger partial charge in [0.1, 0.15) is 0 Å². The fourth-order valence-electron chi connectivity index (χ4n) is 2.27. The summed E-state index contributed by atoms with van der Waals surface area (Å²) in [5, 5.41) is 15.1. The van der Waals surface area contributed by atoms with E-state index in [4.69, 9.17) is 9.47 Å². The van der Waals surface area contributed by atoms with Crippen molar-refractivity contribution in [3.05, 3.63) is 23.8 Å². The van der Waals surface area contributed by atoms with E-state index in [1.807, 2.05) is 18.2 Å². The summed E-state index contributed by atoms with van der Waals surface area (Å²) in [6.45, 7) is 3.61. The van der Waals surface area contributed by atoms with E-state index in [9.17, 15) is 4.79 Å². The van der Waals surface area contributed by atoms with Crippen LogP contribution in [0.5, 0.6) is 11.5 Å². The lowest BCUT2D eigenvalue weighted by atomic mass is 10.1. The number of unbranched alkanes of at least 4 members (excludes halogenated alkanes) is 1. The van der Waals surface area contributed by atoms with E-state index in [0.717, 1.165) is 40.8 Å². The molecule has 0 atom stereocenters. The van der Waals surface area contributed by atoms with E-state index < -0.39 is 0 Å². The second-order valence-corrected chi connectivity index (χ2v) is 7.93. The van der Waals surface area contributed by atoms with Gasteiger partial charge in [0.15, 0.2) is 15.8 Å². The van der Waals surface area contributed by atoms with Crippen molar-refractivity contribution in [2.24, 2.45) is 0 Å². The quantitative estimate of drug-likeness (QED) is 0.410. The van der Waals surface area contributed by atoms with E-state index in [1.165, 1.54) is 23.1 Å². The molecule has 0 aliphatic heterocycles. The van der Waals surface area contributed by atoms with E-state index >= 15 is 0 Å². The number of carbonyl (C=O) groups is 1. The highest BCUT2D eigenvalue weighted by Gasteiger charge is 2.09. The molecule has 0 bridgehead atoms. The Morgan fingerprint density at radius 2 is 2.00 bits per heavy atom. The Morgan fingerprint density at radius 3 is 2.74 bits per heavy atom. The molecule has 1 heterocycles. The van der Waals surface area contributed by atoms with Crippen LogP contribution in [-0.2, 0) is 11.2 Å². The Morgan fingerprint density at radius 1 is 1.19 bits per heavy atom. The van der Waals surface area contributed by atoms with Crippen LogP contribution in [0.3, 0.4) is 0 Å². The topological polar surface area (TPSA) is 85.4 Å². The predicted octanol–water partition coefficient (Wildman–Crippen LogP) is 3.22. The third-order valence-corrected chi connectivity index (χ3v) is 5.74. The first-order chi connectivity index (χ1) is 13.2. The molecule has 1 aromatic heterocycles. The average Bonchev–Trinajstić information content (AvgIpc) is 3.14. The number of carbonyl (C=O) groups excluding carboxylic acids is 1. The Bertz CT molecular complexity index is 724. The van der Waals surface area contributed by atoms with Gasteiger partial charge in [-0.1, -0.05) is 42.5 Å². The zero-order chi connectivity index (χ0) is 19.5. The first-order valence-corrected chi connectivity index (χ1v) is 10.6. The molecular formula is C18H26N4O3S2. The minimum Gasteiger partial charge on any atom is -0.493 e. The van der Waals surface area contributed by atoms with Crippen molar-refractivity contribution in [2.75, 3.05) is 38.4 Å². The molecule has 0 radical (unpaired) electrons. The van der Waals surface area contributed by atoms with Gasteiger partial charge in [-0.05, 0) is 30.5 Å². The lowest BCUT2D eigenvalue weighted by molar-refractivity contribution is -0.118. The highest BCUT2D eigenvalue weighted by Crippen LogP contribution is 2.27. The zero-order valence-electron chi connectivity index (χ0n) is 15.9. The van der Waals surface area contributed by atoms with Gasteiger partial charge >= 0.3 is 0 Å². The Kier molecular flexibility index (Phi) is 9.20. The molecule has 0 fully saturated rings. The number of nitrogens with zero attached hydrogens (tertiary/aromatic N) is 2. The van der Waals surface area contributed by atoms with Crippen LogP contribution in [0.2, 0.25) is 0 Å². The van der Waals surface area contributed by atoms with Crippen LogP contribution in [0.4, 0.5) is 5.13 Å². The molecule has 2 aromatic rings. The number of benzene rings is 1. The molecule has 0 saturated carbocycles. The van der Waals surface area contributed by atoms with E-state index in [-0.39, 0.29) is 5.91 Å². The van der Waals surface area contributed by atoms with Crippen molar-refractivity contribution < 1.29 is 14.3 Å². The number of thioether (sulfide) groups is 1. The summed E-state index contributed by atoms with van der Waals surface area (Å²) in [5.74, 6) is 1.70. The molecule has 2 N–H and O–H groups in total. The van der Waals surface area contributed by atoms with Gasteiger partial charge in [-0.3, -0.25) is 4.79 Å². The van der Waals surface area contributed by atoms with Crippen molar-refractivity contribution in [1.29, 1.82) is 0 Å². The number of methoxy groups -OCH3 is 2. The molecule has 0 unspecified atom stereocenters. The number of ether oxygens (including phenoxy) is 2. The summed E-state index contributed by atoms with van der Waals surface area (Å²) in [6.07, 6.45) is 2.96. The molecule has 0 spiro atoms. The number of amides is 1. The SMILES string of the molecule is CCCCNc1nnc(SCC(=O)NCCc2ccc(OC)c(OC)c2)s1. The van der Waals surface area contributed by atoms with Crippen LogP contribution in [0, 0.1) is 0 Å². The molecule has 148 valence electrons. The van der Waals surface area contributed by atoms with E-state index in [2.05, 4.69) is 27.8 Å². The minimum absolute atomic E-state index is 0.0174. The number of anilines is 1. The van der Waals surface area contributed by atoms with Crippen LogP contribution >= 0.6 is 23.1 Å². The average molecular weight is 411 g/mol. The van der Waals surface area contributed by atoms with Crippen LogP contribution in [0.25, 0.3) is 0 Å². The first kappa shape index (κ1) is 21.3. The van der Waals surface area contributed by atoms with Crippen molar-refractivity contribution in [3.63, 3.8) is 0 Å². The van der Waals surface area contributed by atoms with Crippen molar-refractivity contribution in [2.45, 2.75) is 30.5 Å². The van der Waals surface area contributed by atoms with Gasteiger partial charge in [-0.2, -0.15) is 0 Å². The van der Waals surface area contributed by atoms with Gasteiger partial charge < -0.3 is 20.1 Å². The lowest BCUT2D eigenvalue weighted by Crippen LogP contribution is -2.27. The van der Waals surface area contributed by atoms with Gasteiger partial charge in [0.25, 0.3) is 0 Å². The largest absolute Gasteiger partial charge is 0.493 e. The third kappa shape index (κ3) is 7.26. The third-order valence-electron chi connectivity index (χ3n) is 3.72. The number of nitrogens with one attached hydrogen (secondary N) is 2. The summed E-state index contributed by atoms with van der Waals surface area (Å²) in [5.41, 5.74) is 1.08. The Balaban J connectivity index is 1.69. The molecule has 0 saturated heterocycles. The van der Waals surface area contributed by atoms with Crippen LogP contribution in [0.1, 0.15) is 25.3 Å². The second-order valence-electron chi connectivity index (χ2n) is 5.73. The maximum absolute atomic E-state index is 12.0. The smallest absolute Gasteiger partial charge is 0.230 e. The molecule has 0 aliphatic carbocycles. The van der Waals surface area contributed by atoms with Crippen LogP contribution < -0.4 is 20.1 Å². The van der Waals surface area contributed by atoms with E-state index in [0.29, 0.717) is 23.8 Å². The number of aromatic nitrogens is 2. The Labute approximate surface area is 168 Å². The maximum Gasteiger partial charge on any atom is 0.230 e. The van der Waals surface area contributed by atoms with Crippen molar-refractivity contribution >= 4 is 34.1 Å². The minimum atomic E-state index is -0.0174. The second kappa shape index (κ2) is 11.7. The molecule has 9 heteroatoms. The fourth-order valence-corrected chi connectivity index (χ4v) is 3.88. The fraction of sp³-hybridized carbons (Fsp3) is 0.500. The van der Waals surface area contributed by atoms with Crippen LogP contribution in [0.15, 0.2) is 22.5 Å². The molecular weight excluding hydrogens is 384 g/mol. The standard InChI is InChI=1S/C18H26N4O3S2/c1-4-5-9-20-17-21-22-18(27-17)26-12-16(23)19-10-8-13-6-7-14(24-2)15(11-13)25-3/h6-7,11H,4-5,8-10,12H2,1-3H3,(H,19,23)(H,20,21). The summed E-state index contributed by atoms with van der Waals surface area (Å²) in [6, 6.07) is 5.76. The summed E-state index contributed by atoms with van der Waals surface area (Å²) in [7, 11) is 3.22. The molecule has 1 aromatic carbocycles. The lowest BCUT2D eigenvalue weighted by Gasteiger charge is -2.10. The molecule has 27 heavy (non-hydrogen) atoms. The predicted molar refractivity (Wildman–Crippen MR) is 110 cm³/mol. The van der Waals surface area contributed by atoms with Gasteiger partial charge in [-0.15, -0.1) is 10.2 Å². The van der Waals surface area contributed by atoms with Gasteiger partial charge in [-0.25, -0.2) is 0 Å². The van der Waals surface area contributed by atoms with E-state index in [1.54, 1.807) is 14.2 Å². The van der Waals surface area contributed by atoms with Gasteiger partial charge in [0.2, 0.25) is 11.0 Å². The maximum atomic E-state index is 12.0. The molecule has 1 amide bonds. The first-order valence-electron chi connectivity index (χ1n) is 8.84. The van der Waals surface area contributed by atoms with Gasteiger partial charge in [0.05, 0.1) is 20.0 Å². The number of hydrogen-bond acceptors (Lipinski definition) is 8. The number of rotatable bonds is 12. The number of hydrogen-bond donors (Lipinski definition) is 2. The zero-order valence-corrected chi connectivity index (χ0v) is 17.5. The summed E-state index contributed by atoms with van der Waals surface area (Å²) in [4.78, 5) is 12.0. The molecule has 0 aliphatic rings. The summed E-state index contributed by atoms with van der Waals surface area (Å²) < 4.78 is 11.3. The molecule has 7 nitrogen and oxygen atoms in total. The summed E-state index contributed by atoms with van der Waals surface area (Å²) >= 11 is 2.88. The highest BCUT2D eigenvalue weighted by molar-refractivity contribution is 8.01. The van der Waals surface area contributed by atoms with Gasteiger partial charge in [0, 0.05) is 13.1 Å². The normalized spacial score (nSPS) is 10.5. The molecule has 2 rings (SSSR count). The monoisotopic (exact) mass is 410 g/mol. The van der Waals surface area contributed by atoms with Crippen molar-refractivity contribution in [1.82, 2.24) is 15.5 Å².